The number of rotatable bonds is 8. The number of aromatic nitrogens is 4. The summed E-state index contributed by atoms with van der Waals surface area (Å²) in [7, 11) is 1.70. The predicted octanol–water partition coefficient (Wildman–Crippen LogP) is 3.26. The molecule has 6 rings (SSSR count). The van der Waals surface area contributed by atoms with Crippen LogP contribution in [-0.4, -0.2) is 57.3 Å². The zero-order valence-electron chi connectivity index (χ0n) is 20.8. The van der Waals surface area contributed by atoms with Crippen LogP contribution in [0.2, 0.25) is 0 Å². The number of pyridine rings is 2. The number of hydrogen-bond donors (Lipinski definition) is 1. The van der Waals surface area contributed by atoms with E-state index in [9.17, 15) is 9.59 Å². The molecule has 3 aliphatic rings. The number of nitrogens with one attached hydrogen (secondary N) is 1. The van der Waals surface area contributed by atoms with E-state index in [-0.39, 0.29) is 46.0 Å². The van der Waals surface area contributed by atoms with E-state index in [1.165, 1.54) is 0 Å². The maximum atomic E-state index is 13.4. The highest BCUT2D eigenvalue weighted by Crippen LogP contribution is 2.51. The van der Waals surface area contributed by atoms with Gasteiger partial charge in [0.2, 0.25) is 5.88 Å². The van der Waals surface area contributed by atoms with Gasteiger partial charge in [-0.2, -0.15) is 10.1 Å². The first-order chi connectivity index (χ1) is 17.3. The maximum absolute atomic E-state index is 13.4. The van der Waals surface area contributed by atoms with E-state index < -0.39 is 5.91 Å². The SMILES string of the molecule is COCC12CCC(n3cc4cc(C(=O)Nc5cccn(C6CC6)c5=O)c(OC(C)C)nc4n3)(CO1)C2. The average molecular weight is 494 g/mol. The Bertz CT molecular complexity index is 1380. The largest absolute Gasteiger partial charge is 0.474 e. The minimum atomic E-state index is -0.444. The molecule has 2 saturated carbocycles. The second kappa shape index (κ2) is 8.41. The molecule has 10 heteroatoms. The number of carbonyl (C=O) groups is 1. The Labute approximate surface area is 208 Å². The summed E-state index contributed by atoms with van der Waals surface area (Å²) in [5.74, 6) is -0.250. The fourth-order valence-corrected chi connectivity index (χ4v) is 5.55. The lowest BCUT2D eigenvalue weighted by Crippen LogP contribution is -2.34. The number of ether oxygens (including phenoxy) is 3. The molecule has 1 N–H and O–H groups in total. The lowest BCUT2D eigenvalue weighted by atomic mass is 9.99. The van der Waals surface area contributed by atoms with Crippen molar-refractivity contribution < 1.29 is 19.0 Å². The summed E-state index contributed by atoms with van der Waals surface area (Å²) in [4.78, 5) is 30.8. The Kier molecular flexibility index (Phi) is 5.42. The van der Waals surface area contributed by atoms with Crippen LogP contribution in [0.5, 0.6) is 5.88 Å². The molecule has 3 fully saturated rings. The molecule has 2 atom stereocenters. The van der Waals surface area contributed by atoms with Crippen LogP contribution >= 0.6 is 0 Å². The number of nitrogens with zero attached hydrogens (tertiary/aromatic N) is 4. The van der Waals surface area contributed by atoms with Crippen molar-refractivity contribution in [3.63, 3.8) is 0 Å². The summed E-state index contributed by atoms with van der Waals surface area (Å²) in [6, 6.07) is 5.36. The first kappa shape index (κ1) is 23.2. The van der Waals surface area contributed by atoms with Crippen molar-refractivity contribution in [3.05, 3.63) is 46.5 Å². The standard InChI is InChI=1S/C26H31N5O5/c1-16(2)36-23-19(22(32)27-20-5-4-10-30(24(20)33)18-6-7-18)11-17-12-31(29-21(17)28-23)25-8-9-26(13-25,15-34-3)35-14-25/h4-5,10-12,16,18H,6-9,13-15H2,1-3H3,(H,27,32). The molecule has 2 bridgehead atoms. The monoisotopic (exact) mass is 493 g/mol. The smallest absolute Gasteiger partial charge is 0.274 e. The molecule has 2 aliphatic carbocycles. The van der Waals surface area contributed by atoms with Crippen molar-refractivity contribution in [2.75, 3.05) is 25.6 Å². The predicted molar refractivity (Wildman–Crippen MR) is 133 cm³/mol. The first-order valence-electron chi connectivity index (χ1n) is 12.5. The summed E-state index contributed by atoms with van der Waals surface area (Å²) in [6.45, 7) is 4.88. The Balaban J connectivity index is 1.34. The van der Waals surface area contributed by atoms with Crippen LogP contribution in [0.3, 0.4) is 0 Å². The second-order valence-corrected chi connectivity index (χ2v) is 10.6. The highest BCUT2D eigenvalue weighted by atomic mass is 16.5. The van der Waals surface area contributed by atoms with Gasteiger partial charge in [0.25, 0.3) is 11.5 Å². The van der Waals surface area contributed by atoms with Crippen molar-refractivity contribution in [1.29, 1.82) is 0 Å². The van der Waals surface area contributed by atoms with Gasteiger partial charge in [0, 0.05) is 37.4 Å². The Morgan fingerprint density at radius 1 is 1.33 bits per heavy atom. The van der Waals surface area contributed by atoms with Crippen LogP contribution in [0.4, 0.5) is 5.69 Å². The number of fused-ring (bicyclic) bond motifs is 3. The van der Waals surface area contributed by atoms with Gasteiger partial charge in [-0.1, -0.05) is 0 Å². The summed E-state index contributed by atoms with van der Waals surface area (Å²) >= 11 is 0. The molecule has 0 spiro atoms. The molecule has 4 heterocycles. The molecule has 36 heavy (non-hydrogen) atoms. The van der Waals surface area contributed by atoms with E-state index in [0.717, 1.165) is 37.5 Å². The number of methoxy groups -OCH3 is 1. The van der Waals surface area contributed by atoms with Crippen LogP contribution in [0.1, 0.15) is 62.4 Å². The molecule has 190 valence electrons. The van der Waals surface area contributed by atoms with E-state index in [2.05, 4.69) is 10.3 Å². The Morgan fingerprint density at radius 2 is 2.17 bits per heavy atom. The van der Waals surface area contributed by atoms with Gasteiger partial charge in [-0.25, -0.2) is 0 Å². The molecule has 1 aliphatic heterocycles. The van der Waals surface area contributed by atoms with Gasteiger partial charge < -0.3 is 24.1 Å². The van der Waals surface area contributed by atoms with Gasteiger partial charge in [0.1, 0.15) is 11.3 Å². The summed E-state index contributed by atoms with van der Waals surface area (Å²) in [5.41, 5.74) is 0.283. The van der Waals surface area contributed by atoms with Crippen LogP contribution in [0.15, 0.2) is 35.4 Å². The van der Waals surface area contributed by atoms with Crippen molar-refractivity contribution in [1.82, 2.24) is 19.3 Å². The van der Waals surface area contributed by atoms with Crippen LogP contribution < -0.4 is 15.6 Å². The summed E-state index contributed by atoms with van der Waals surface area (Å²) in [5, 5.41) is 8.29. The number of amides is 1. The van der Waals surface area contributed by atoms with Gasteiger partial charge in [0.05, 0.1) is 30.5 Å². The maximum Gasteiger partial charge on any atom is 0.274 e. The van der Waals surface area contributed by atoms with Crippen molar-refractivity contribution in [2.24, 2.45) is 0 Å². The molecular weight excluding hydrogens is 462 g/mol. The molecule has 0 aromatic carbocycles. The van der Waals surface area contributed by atoms with Gasteiger partial charge >= 0.3 is 0 Å². The Morgan fingerprint density at radius 3 is 2.86 bits per heavy atom. The molecule has 1 amide bonds. The van der Waals surface area contributed by atoms with Gasteiger partial charge in [-0.05, 0) is 57.7 Å². The van der Waals surface area contributed by atoms with Gasteiger partial charge in [0.15, 0.2) is 5.65 Å². The van der Waals surface area contributed by atoms with Gasteiger partial charge in [-0.3, -0.25) is 14.3 Å². The lowest BCUT2D eigenvalue weighted by Gasteiger charge is -2.28. The molecule has 3 aromatic rings. The zero-order valence-corrected chi connectivity index (χ0v) is 20.8. The zero-order chi connectivity index (χ0) is 25.1. The minimum Gasteiger partial charge on any atom is -0.474 e. The molecule has 0 radical (unpaired) electrons. The van der Waals surface area contributed by atoms with Crippen LogP contribution in [0, 0.1) is 0 Å². The molecule has 10 nitrogen and oxygen atoms in total. The fourth-order valence-electron chi connectivity index (χ4n) is 5.55. The normalized spacial score (nSPS) is 25.1. The Hall–Kier alpha value is -3.24. The number of carbonyl (C=O) groups excluding carboxylic acids is 1. The fraction of sp³-hybridized carbons (Fsp3) is 0.538. The van der Waals surface area contributed by atoms with E-state index in [1.807, 2.05) is 24.7 Å². The minimum absolute atomic E-state index is 0.194. The van der Waals surface area contributed by atoms with Crippen LogP contribution in [-0.2, 0) is 15.0 Å². The quantitative estimate of drug-likeness (QED) is 0.513. The van der Waals surface area contributed by atoms with Crippen molar-refractivity contribution >= 4 is 22.6 Å². The molecular formula is C26H31N5O5. The highest BCUT2D eigenvalue weighted by molar-refractivity contribution is 6.07. The third-order valence-corrected chi connectivity index (χ3v) is 7.45. The topological polar surface area (TPSA) is 110 Å². The van der Waals surface area contributed by atoms with E-state index >= 15 is 0 Å². The van der Waals surface area contributed by atoms with Crippen molar-refractivity contribution in [3.8, 4) is 5.88 Å². The summed E-state index contributed by atoms with van der Waals surface area (Å²) in [6.07, 6.45) is 8.13. The third-order valence-electron chi connectivity index (χ3n) is 7.45. The first-order valence-corrected chi connectivity index (χ1v) is 12.5. The highest BCUT2D eigenvalue weighted by Gasteiger charge is 2.57. The van der Waals surface area contributed by atoms with Crippen LogP contribution in [0.25, 0.3) is 11.0 Å². The van der Waals surface area contributed by atoms with E-state index in [1.54, 1.807) is 36.1 Å². The average Bonchev–Trinajstić information content (AvgIpc) is 3.34. The second-order valence-electron chi connectivity index (χ2n) is 10.6. The van der Waals surface area contributed by atoms with Crippen molar-refractivity contribution in [2.45, 2.75) is 69.2 Å². The molecule has 2 unspecified atom stereocenters. The lowest BCUT2D eigenvalue weighted by molar-refractivity contribution is -0.0698. The van der Waals surface area contributed by atoms with E-state index in [0.29, 0.717) is 18.9 Å². The summed E-state index contributed by atoms with van der Waals surface area (Å²) < 4.78 is 21.1. The van der Waals surface area contributed by atoms with Gasteiger partial charge in [-0.15, -0.1) is 0 Å². The van der Waals surface area contributed by atoms with E-state index in [4.69, 9.17) is 19.3 Å². The molecule has 3 aromatic heterocycles. The third kappa shape index (κ3) is 3.88. The number of anilines is 1. The number of hydrogen-bond acceptors (Lipinski definition) is 7. The molecule has 1 saturated heterocycles.